The Morgan fingerprint density at radius 3 is 1.55 bits per heavy atom. The first-order chi connectivity index (χ1) is 9.39. The molecule has 0 saturated heterocycles. The molecular formula is C14H33O4PSi. The predicted molar refractivity (Wildman–Crippen MR) is 88.2 cm³/mol. The highest BCUT2D eigenvalue weighted by molar-refractivity contribution is 7.62. The van der Waals surface area contributed by atoms with Crippen LogP contribution in [0, 0.1) is 0 Å². The molecule has 0 aromatic rings. The van der Waals surface area contributed by atoms with Gasteiger partial charge in [0, 0.05) is 32.0 Å². The molecule has 0 bridgehead atoms. The number of hydrogen-bond donors (Lipinski definition) is 0. The van der Waals surface area contributed by atoms with Crippen molar-refractivity contribution in [2.45, 2.75) is 52.5 Å². The molecule has 0 radical (unpaired) electrons. The molecule has 0 unspecified atom stereocenters. The third-order valence-electron chi connectivity index (χ3n) is 2.76. The summed E-state index contributed by atoms with van der Waals surface area (Å²) in [5, 5.41) is 0. The van der Waals surface area contributed by atoms with Gasteiger partial charge in [0.2, 0.25) is 0 Å². The maximum atomic E-state index is 11.8. The Morgan fingerprint density at radius 2 is 1.25 bits per heavy atom. The Labute approximate surface area is 126 Å². The highest BCUT2D eigenvalue weighted by Crippen LogP contribution is 2.37. The van der Waals surface area contributed by atoms with E-state index in [1.807, 2.05) is 13.3 Å². The van der Waals surface area contributed by atoms with Crippen molar-refractivity contribution in [3.05, 3.63) is 0 Å². The van der Waals surface area contributed by atoms with Crippen LogP contribution in [0.15, 0.2) is 0 Å². The average molecular weight is 324 g/mol. The normalized spacial score (nSPS) is 12.8. The zero-order chi connectivity index (χ0) is 15.5. The van der Waals surface area contributed by atoms with E-state index < -0.39 is 15.9 Å². The summed E-state index contributed by atoms with van der Waals surface area (Å²) in [6.45, 7) is 12.0. The maximum absolute atomic E-state index is 11.8. The van der Waals surface area contributed by atoms with E-state index in [0.717, 1.165) is 37.9 Å². The van der Waals surface area contributed by atoms with E-state index in [4.69, 9.17) is 13.3 Å². The van der Waals surface area contributed by atoms with E-state index in [1.165, 1.54) is 0 Å². The standard InChI is InChI=1S/C14H33O4PSi/c1-6-10-16-20(17-11-7-2,18-12-8-3)14-9-13-19(4,5)15/h6-14H2,1-5H3. The lowest BCUT2D eigenvalue weighted by Crippen LogP contribution is -2.46. The van der Waals surface area contributed by atoms with Crippen molar-refractivity contribution in [1.82, 2.24) is 0 Å². The van der Waals surface area contributed by atoms with Crippen LogP contribution in [0.4, 0.5) is 0 Å². The number of rotatable bonds is 13. The fraction of sp³-hybridized carbons (Fsp3) is 1.00. The van der Waals surface area contributed by atoms with Gasteiger partial charge in [-0.1, -0.05) is 20.8 Å². The highest BCUT2D eigenvalue weighted by atomic mass is 31.2. The van der Waals surface area contributed by atoms with Crippen LogP contribution in [-0.2, 0) is 17.8 Å². The third-order valence-corrected chi connectivity index (χ3v) is 7.05. The Balaban J connectivity index is 4.61. The van der Waals surface area contributed by atoms with Crippen molar-refractivity contribution >= 4 is 15.9 Å². The van der Waals surface area contributed by atoms with Crippen LogP contribution >= 0.6 is 7.14 Å². The summed E-state index contributed by atoms with van der Waals surface area (Å²) in [6.07, 6.45) is 4.47. The lowest BCUT2D eigenvalue weighted by atomic mass is 10.5. The van der Waals surface area contributed by atoms with Crippen molar-refractivity contribution < 1.29 is 17.8 Å². The molecule has 0 aliphatic heterocycles. The summed E-state index contributed by atoms with van der Waals surface area (Å²) in [5.74, 6) is 0. The van der Waals surface area contributed by atoms with Crippen molar-refractivity contribution in [1.29, 1.82) is 0 Å². The monoisotopic (exact) mass is 324 g/mol. The molecule has 0 atom stereocenters. The van der Waals surface area contributed by atoms with Gasteiger partial charge in [-0.2, -0.15) is 0 Å². The molecule has 0 amide bonds. The first kappa shape index (κ1) is 20.3. The van der Waals surface area contributed by atoms with Crippen molar-refractivity contribution in [2.24, 2.45) is 0 Å². The second-order valence-corrected chi connectivity index (χ2v) is 12.0. The van der Waals surface area contributed by atoms with E-state index in [9.17, 15) is 4.57 Å². The molecule has 0 aliphatic carbocycles. The van der Waals surface area contributed by atoms with Gasteiger partial charge in [-0.25, -0.2) is 0 Å². The Kier molecular flexibility index (Phi) is 11.1. The fourth-order valence-electron chi connectivity index (χ4n) is 1.79. The summed E-state index contributed by atoms with van der Waals surface area (Å²) >= 11 is 0. The SMILES string of the molecule is CCCO[Si](CCCP(C)(C)=O)(OCCC)OCCC. The molecule has 0 heterocycles. The van der Waals surface area contributed by atoms with E-state index in [0.29, 0.717) is 19.8 Å². The summed E-state index contributed by atoms with van der Waals surface area (Å²) < 4.78 is 29.8. The molecule has 20 heavy (non-hydrogen) atoms. The van der Waals surface area contributed by atoms with Gasteiger partial charge >= 0.3 is 8.80 Å². The molecule has 4 nitrogen and oxygen atoms in total. The number of hydrogen-bond acceptors (Lipinski definition) is 4. The predicted octanol–water partition coefficient (Wildman–Crippen LogP) is 4.22. The first-order valence-corrected chi connectivity index (χ1v) is 12.6. The van der Waals surface area contributed by atoms with Gasteiger partial charge < -0.3 is 17.8 Å². The van der Waals surface area contributed by atoms with Gasteiger partial charge in [-0.05, 0) is 39.0 Å². The summed E-state index contributed by atoms with van der Waals surface area (Å²) in [7, 11) is -4.55. The van der Waals surface area contributed by atoms with Gasteiger partial charge in [0.1, 0.15) is 0 Å². The van der Waals surface area contributed by atoms with Crippen LogP contribution in [0.2, 0.25) is 6.04 Å². The molecule has 0 saturated carbocycles. The largest absolute Gasteiger partial charge is 0.500 e. The lowest BCUT2D eigenvalue weighted by Gasteiger charge is -2.29. The average Bonchev–Trinajstić information content (AvgIpc) is 2.38. The van der Waals surface area contributed by atoms with Crippen molar-refractivity contribution in [3.63, 3.8) is 0 Å². The summed E-state index contributed by atoms with van der Waals surface area (Å²) in [6, 6.07) is 0.776. The van der Waals surface area contributed by atoms with E-state index >= 15 is 0 Å². The van der Waals surface area contributed by atoms with E-state index in [2.05, 4.69) is 20.8 Å². The Hall–Kier alpha value is 0.327. The summed E-state index contributed by atoms with van der Waals surface area (Å²) in [5.41, 5.74) is 0. The molecule has 0 spiro atoms. The Bertz CT molecular complexity index is 259. The first-order valence-electron chi connectivity index (χ1n) is 7.85. The zero-order valence-corrected chi connectivity index (χ0v) is 15.8. The van der Waals surface area contributed by atoms with Crippen LogP contribution < -0.4 is 0 Å². The Morgan fingerprint density at radius 1 is 0.850 bits per heavy atom. The topological polar surface area (TPSA) is 44.8 Å². The molecule has 0 rings (SSSR count). The van der Waals surface area contributed by atoms with Gasteiger partial charge in [0.25, 0.3) is 0 Å². The second-order valence-electron chi connectivity index (χ2n) is 5.63. The molecule has 0 aliphatic rings. The van der Waals surface area contributed by atoms with Gasteiger partial charge in [-0.15, -0.1) is 0 Å². The molecule has 0 aromatic carbocycles. The minimum Gasteiger partial charge on any atom is -0.373 e. The molecule has 0 aromatic heterocycles. The molecular weight excluding hydrogens is 291 g/mol. The van der Waals surface area contributed by atoms with E-state index in [1.54, 1.807) is 0 Å². The second kappa shape index (κ2) is 11.0. The van der Waals surface area contributed by atoms with Gasteiger partial charge in [0.15, 0.2) is 0 Å². The van der Waals surface area contributed by atoms with Crippen LogP contribution in [0.5, 0.6) is 0 Å². The van der Waals surface area contributed by atoms with Gasteiger partial charge in [0.05, 0.1) is 7.14 Å². The lowest BCUT2D eigenvalue weighted by molar-refractivity contribution is 0.0591. The van der Waals surface area contributed by atoms with Crippen LogP contribution in [0.25, 0.3) is 0 Å². The van der Waals surface area contributed by atoms with Gasteiger partial charge in [-0.3, -0.25) is 0 Å². The van der Waals surface area contributed by atoms with Crippen LogP contribution in [-0.4, -0.2) is 48.1 Å². The van der Waals surface area contributed by atoms with Crippen molar-refractivity contribution in [3.8, 4) is 0 Å². The minimum absolute atomic E-state index is 0.676. The fourth-order valence-corrected chi connectivity index (χ4v) is 5.85. The highest BCUT2D eigenvalue weighted by Gasteiger charge is 2.40. The van der Waals surface area contributed by atoms with Crippen molar-refractivity contribution in [2.75, 3.05) is 39.3 Å². The quantitative estimate of drug-likeness (QED) is 0.376. The molecule has 0 N–H and O–H groups in total. The maximum Gasteiger partial charge on any atom is 0.500 e. The molecule has 6 heteroatoms. The van der Waals surface area contributed by atoms with Crippen LogP contribution in [0.1, 0.15) is 46.5 Å². The van der Waals surface area contributed by atoms with E-state index in [-0.39, 0.29) is 0 Å². The van der Waals surface area contributed by atoms with Crippen LogP contribution in [0.3, 0.4) is 0 Å². The molecule has 122 valence electrons. The summed E-state index contributed by atoms with van der Waals surface area (Å²) in [4.78, 5) is 0. The zero-order valence-electron chi connectivity index (χ0n) is 13.9. The minimum atomic E-state index is -2.58. The smallest absolute Gasteiger partial charge is 0.373 e. The molecule has 0 fully saturated rings. The third kappa shape index (κ3) is 10.1.